The van der Waals surface area contributed by atoms with Crippen LogP contribution in [0.15, 0.2) is 36.4 Å². The second kappa shape index (κ2) is 7.99. The zero-order valence-corrected chi connectivity index (χ0v) is 15.3. The Labute approximate surface area is 156 Å². The van der Waals surface area contributed by atoms with Crippen molar-refractivity contribution in [2.45, 2.75) is 57.5 Å². The lowest BCUT2D eigenvalue weighted by molar-refractivity contribution is -0.140. The van der Waals surface area contributed by atoms with Crippen molar-refractivity contribution in [2.75, 3.05) is 0 Å². The molecule has 146 valence electrons. The highest BCUT2D eigenvalue weighted by Gasteiger charge is 2.36. The normalized spacial score (nSPS) is 20.7. The molecule has 0 unspecified atom stereocenters. The zero-order valence-electron chi connectivity index (χ0n) is 15.3. The van der Waals surface area contributed by atoms with Crippen LogP contribution in [0, 0.1) is 17.6 Å². The number of hydrogen-bond acceptors (Lipinski definition) is 0. The smallest absolute Gasteiger partial charge is 0.203 e. The molecular formula is C22H23F5. The third-order valence-electron chi connectivity index (χ3n) is 5.62. The molecule has 3 rings (SSSR count). The zero-order chi connectivity index (χ0) is 19.6. The second-order valence-corrected chi connectivity index (χ2v) is 7.41. The van der Waals surface area contributed by atoms with E-state index in [0.717, 1.165) is 30.4 Å². The second-order valence-electron chi connectivity index (χ2n) is 7.41. The van der Waals surface area contributed by atoms with E-state index in [9.17, 15) is 22.0 Å². The Bertz CT molecular complexity index is 769. The first-order valence-electron chi connectivity index (χ1n) is 9.46. The first-order valence-corrected chi connectivity index (χ1v) is 9.46. The van der Waals surface area contributed by atoms with Crippen molar-refractivity contribution in [2.24, 2.45) is 5.92 Å². The minimum absolute atomic E-state index is 0.154. The van der Waals surface area contributed by atoms with Crippen molar-refractivity contribution in [1.82, 2.24) is 0 Å². The lowest BCUT2D eigenvalue weighted by atomic mass is 9.77. The molecule has 2 aromatic rings. The largest absolute Gasteiger partial charge is 0.419 e. The summed E-state index contributed by atoms with van der Waals surface area (Å²) in [5.41, 5.74) is -0.201. The van der Waals surface area contributed by atoms with Crippen LogP contribution in [0.2, 0.25) is 0 Å². The van der Waals surface area contributed by atoms with Gasteiger partial charge in [-0.3, -0.25) is 0 Å². The molecule has 0 radical (unpaired) electrons. The van der Waals surface area contributed by atoms with E-state index in [1.165, 1.54) is 25.7 Å². The van der Waals surface area contributed by atoms with Crippen molar-refractivity contribution in [1.29, 1.82) is 0 Å². The van der Waals surface area contributed by atoms with Gasteiger partial charge in [-0.15, -0.1) is 0 Å². The molecule has 0 nitrogen and oxygen atoms in total. The number of alkyl halides is 3. The molecule has 0 spiro atoms. The van der Waals surface area contributed by atoms with E-state index < -0.39 is 23.4 Å². The van der Waals surface area contributed by atoms with Crippen LogP contribution in [0.25, 0.3) is 11.1 Å². The third kappa shape index (κ3) is 4.33. The Kier molecular flexibility index (Phi) is 5.87. The predicted octanol–water partition coefficient (Wildman–Crippen LogP) is 7.72. The first-order chi connectivity index (χ1) is 12.8. The minimum Gasteiger partial charge on any atom is -0.203 e. The maximum atomic E-state index is 14.2. The SMILES string of the molecule is CCC[C@H]1CC[C@H](c2ccc(-c3ccc(C(F)(F)F)c(F)c3F)cc2)CC1. The fourth-order valence-corrected chi connectivity index (χ4v) is 4.12. The lowest BCUT2D eigenvalue weighted by Gasteiger charge is -2.28. The molecule has 0 atom stereocenters. The topological polar surface area (TPSA) is 0 Å². The molecule has 0 aliphatic heterocycles. The summed E-state index contributed by atoms with van der Waals surface area (Å²) in [6.07, 6.45) is 2.21. The summed E-state index contributed by atoms with van der Waals surface area (Å²) >= 11 is 0. The Morgan fingerprint density at radius 2 is 1.48 bits per heavy atom. The summed E-state index contributed by atoms with van der Waals surface area (Å²) in [7, 11) is 0. The number of benzene rings is 2. The van der Waals surface area contributed by atoms with Gasteiger partial charge in [0.15, 0.2) is 11.6 Å². The van der Waals surface area contributed by atoms with Crippen LogP contribution in [0.5, 0.6) is 0 Å². The summed E-state index contributed by atoms with van der Waals surface area (Å²) < 4.78 is 66.1. The van der Waals surface area contributed by atoms with E-state index in [4.69, 9.17) is 0 Å². The molecule has 27 heavy (non-hydrogen) atoms. The van der Waals surface area contributed by atoms with Crippen molar-refractivity contribution in [3.63, 3.8) is 0 Å². The van der Waals surface area contributed by atoms with Crippen LogP contribution in [-0.4, -0.2) is 0 Å². The predicted molar refractivity (Wildman–Crippen MR) is 96.4 cm³/mol. The van der Waals surface area contributed by atoms with E-state index in [1.807, 2.05) is 12.1 Å². The van der Waals surface area contributed by atoms with E-state index in [-0.39, 0.29) is 5.56 Å². The van der Waals surface area contributed by atoms with E-state index in [1.54, 1.807) is 12.1 Å². The van der Waals surface area contributed by atoms with Gasteiger partial charge in [-0.05, 0) is 54.7 Å². The highest BCUT2D eigenvalue weighted by atomic mass is 19.4. The molecule has 1 aliphatic rings. The van der Waals surface area contributed by atoms with Crippen molar-refractivity contribution in [3.05, 3.63) is 59.2 Å². The Balaban J connectivity index is 1.77. The highest BCUT2D eigenvalue weighted by Crippen LogP contribution is 2.39. The minimum atomic E-state index is -4.91. The molecule has 1 fully saturated rings. The molecule has 1 saturated carbocycles. The average Bonchev–Trinajstić information content (AvgIpc) is 2.64. The first kappa shape index (κ1) is 19.8. The fraction of sp³-hybridized carbons (Fsp3) is 0.455. The van der Waals surface area contributed by atoms with Crippen molar-refractivity contribution >= 4 is 0 Å². The van der Waals surface area contributed by atoms with Crippen molar-refractivity contribution < 1.29 is 22.0 Å². The van der Waals surface area contributed by atoms with Gasteiger partial charge >= 0.3 is 6.18 Å². The fourth-order valence-electron chi connectivity index (χ4n) is 4.12. The summed E-state index contributed by atoms with van der Waals surface area (Å²) in [6, 6.07) is 8.68. The lowest BCUT2D eigenvalue weighted by Crippen LogP contribution is -2.13. The van der Waals surface area contributed by atoms with Crippen LogP contribution >= 0.6 is 0 Å². The molecule has 0 heterocycles. The summed E-state index contributed by atoms with van der Waals surface area (Å²) in [5.74, 6) is -2.05. The van der Waals surface area contributed by atoms with Gasteiger partial charge in [0.25, 0.3) is 0 Å². The van der Waals surface area contributed by atoms with Gasteiger partial charge in [-0.2, -0.15) is 13.2 Å². The molecule has 0 saturated heterocycles. The van der Waals surface area contributed by atoms with Gasteiger partial charge in [-0.1, -0.05) is 50.1 Å². The molecule has 0 N–H and O–H groups in total. The maximum Gasteiger partial charge on any atom is 0.419 e. The number of halogens is 5. The van der Waals surface area contributed by atoms with Gasteiger partial charge in [-0.25, -0.2) is 8.78 Å². The van der Waals surface area contributed by atoms with Crippen LogP contribution in [-0.2, 0) is 6.18 Å². The molecule has 0 aromatic heterocycles. The Morgan fingerprint density at radius 1 is 0.852 bits per heavy atom. The monoisotopic (exact) mass is 382 g/mol. The van der Waals surface area contributed by atoms with E-state index in [0.29, 0.717) is 17.5 Å². The Morgan fingerprint density at radius 3 is 2.04 bits per heavy atom. The Hall–Kier alpha value is -1.91. The summed E-state index contributed by atoms with van der Waals surface area (Å²) in [5, 5.41) is 0. The number of hydrogen-bond donors (Lipinski definition) is 0. The van der Waals surface area contributed by atoms with Gasteiger partial charge < -0.3 is 0 Å². The highest BCUT2D eigenvalue weighted by molar-refractivity contribution is 5.65. The maximum absolute atomic E-state index is 14.2. The summed E-state index contributed by atoms with van der Waals surface area (Å²) in [6.45, 7) is 2.20. The van der Waals surface area contributed by atoms with E-state index in [2.05, 4.69) is 6.92 Å². The average molecular weight is 382 g/mol. The van der Waals surface area contributed by atoms with Crippen LogP contribution in [0.1, 0.15) is 62.5 Å². The van der Waals surface area contributed by atoms with Crippen LogP contribution < -0.4 is 0 Å². The number of rotatable bonds is 4. The molecule has 5 heteroatoms. The quantitative estimate of drug-likeness (QED) is 0.475. The van der Waals surface area contributed by atoms with Gasteiger partial charge in [0.1, 0.15) is 0 Å². The van der Waals surface area contributed by atoms with Crippen molar-refractivity contribution in [3.8, 4) is 11.1 Å². The van der Waals surface area contributed by atoms with Crippen LogP contribution in [0.4, 0.5) is 22.0 Å². The molecule has 0 amide bonds. The standard InChI is InChI=1S/C22H23F5/c1-2-3-14-4-6-15(7-5-14)16-8-10-17(11-9-16)18-12-13-19(22(25,26)27)21(24)20(18)23/h8-15H,2-7H2,1H3/t14-,15-. The van der Waals surface area contributed by atoms with E-state index >= 15 is 0 Å². The summed E-state index contributed by atoms with van der Waals surface area (Å²) in [4.78, 5) is 0. The van der Waals surface area contributed by atoms with Gasteiger partial charge in [0, 0.05) is 5.56 Å². The van der Waals surface area contributed by atoms with Gasteiger partial charge in [0.2, 0.25) is 0 Å². The molecule has 0 bridgehead atoms. The van der Waals surface area contributed by atoms with Crippen LogP contribution in [0.3, 0.4) is 0 Å². The third-order valence-corrected chi connectivity index (χ3v) is 5.62. The van der Waals surface area contributed by atoms with Gasteiger partial charge in [0.05, 0.1) is 5.56 Å². The molecular weight excluding hydrogens is 359 g/mol. The molecule has 2 aromatic carbocycles. The molecule has 1 aliphatic carbocycles.